The maximum Gasteiger partial charge on any atom is 0.257 e. The van der Waals surface area contributed by atoms with Crippen LogP contribution in [0.3, 0.4) is 0 Å². The summed E-state index contributed by atoms with van der Waals surface area (Å²) in [5.41, 5.74) is 1.62. The molecule has 0 spiro atoms. The Labute approximate surface area is 148 Å². The minimum absolute atomic E-state index is 0.0664. The normalized spacial score (nSPS) is 19.0. The van der Waals surface area contributed by atoms with E-state index in [2.05, 4.69) is 5.10 Å². The maximum atomic E-state index is 12.9. The summed E-state index contributed by atoms with van der Waals surface area (Å²) in [6, 6.07) is 9.68. The first-order valence-electron chi connectivity index (χ1n) is 8.56. The minimum atomic E-state index is -3.02. The van der Waals surface area contributed by atoms with E-state index in [1.165, 1.54) is 0 Å². The molecule has 1 aromatic carbocycles. The molecule has 1 aliphatic heterocycles. The number of hydrogen-bond donors (Lipinski definition) is 0. The first-order chi connectivity index (χ1) is 12.0. The summed E-state index contributed by atoms with van der Waals surface area (Å²) in [4.78, 5) is 14.6. The number of amides is 1. The van der Waals surface area contributed by atoms with Gasteiger partial charge in [0, 0.05) is 18.8 Å². The molecule has 2 heterocycles. The number of benzene rings is 1. The zero-order chi connectivity index (χ0) is 17.9. The van der Waals surface area contributed by atoms with Crippen LogP contribution in [0.4, 0.5) is 0 Å². The summed E-state index contributed by atoms with van der Waals surface area (Å²) in [5, 5.41) is 4.28. The highest BCUT2D eigenvalue weighted by atomic mass is 32.2. The molecule has 25 heavy (non-hydrogen) atoms. The van der Waals surface area contributed by atoms with E-state index in [-0.39, 0.29) is 23.5 Å². The summed E-state index contributed by atoms with van der Waals surface area (Å²) < 4.78 is 25.3. The van der Waals surface area contributed by atoms with E-state index in [1.54, 1.807) is 22.0 Å². The molecule has 1 saturated heterocycles. The van der Waals surface area contributed by atoms with Crippen molar-refractivity contribution in [2.75, 3.05) is 18.1 Å². The summed E-state index contributed by atoms with van der Waals surface area (Å²) >= 11 is 0. The van der Waals surface area contributed by atoms with Gasteiger partial charge in [0.25, 0.3) is 5.91 Å². The lowest BCUT2D eigenvalue weighted by atomic mass is 10.2. The molecule has 0 aliphatic carbocycles. The zero-order valence-electron chi connectivity index (χ0n) is 14.3. The number of hydrogen-bond acceptors (Lipinski definition) is 4. The number of nitrogens with zero attached hydrogens (tertiary/aromatic N) is 3. The predicted octanol–water partition coefficient (Wildman–Crippen LogP) is 1.97. The number of sulfone groups is 1. The molecule has 1 unspecified atom stereocenters. The summed E-state index contributed by atoms with van der Waals surface area (Å²) in [6.07, 6.45) is 4.62. The largest absolute Gasteiger partial charge is 0.335 e. The quantitative estimate of drug-likeness (QED) is 0.789. The van der Waals surface area contributed by atoms with Crippen LogP contribution in [-0.4, -0.2) is 53.1 Å². The number of aromatic nitrogens is 2. The second-order valence-corrected chi connectivity index (χ2v) is 8.70. The highest BCUT2D eigenvalue weighted by Gasteiger charge is 2.34. The van der Waals surface area contributed by atoms with E-state index in [0.29, 0.717) is 25.1 Å². The Morgan fingerprint density at radius 2 is 2.08 bits per heavy atom. The lowest BCUT2D eigenvalue weighted by Gasteiger charge is -2.27. The molecule has 3 rings (SSSR count). The van der Waals surface area contributed by atoms with Crippen molar-refractivity contribution in [1.82, 2.24) is 14.7 Å². The molecule has 7 heteroatoms. The molecular weight excluding hydrogens is 338 g/mol. The third-order valence-corrected chi connectivity index (χ3v) is 6.19. The first-order valence-corrected chi connectivity index (χ1v) is 10.4. The van der Waals surface area contributed by atoms with Gasteiger partial charge < -0.3 is 4.90 Å². The first kappa shape index (κ1) is 17.7. The van der Waals surface area contributed by atoms with Crippen molar-refractivity contribution in [2.24, 2.45) is 0 Å². The predicted molar refractivity (Wildman–Crippen MR) is 96.2 cm³/mol. The van der Waals surface area contributed by atoms with E-state index in [9.17, 15) is 13.2 Å². The van der Waals surface area contributed by atoms with Crippen molar-refractivity contribution in [2.45, 2.75) is 32.4 Å². The lowest BCUT2D eigenvalue weighted by Crippen LogP contribution is -2.41. The fraction of sp³-hybridized carbons (Fsp3) is 0.444. The van der Waals surface area contributed by atoms with Crippen LogP contribution < -0.4 is 0 Å². The zero-order valence-corrected chi connectivity index (χ0v) is 15.2. The lowest BCUT2D eigenvalue weighted by molar-refractivity contribution is 0.0697. The molecule has 2 aromatic rings. The maximum absolute atomic E-state index is 12.9. The van der Waals surface area contributed by atoms with Gasteiger partial charge in [0.1, 0.15) is 0 Å². The van der Waals surface area contributed by atoms with Crippen molar-refractivity contribution >= 4 is 15.7 Å². The average Bonchev–Trinajstić information content (AvgIpc) is 3.19. The third kappa shape index (κ3) is 4.28. The van der Waals surface area contributed by atoms with Gasteiger partial charge in [0.15, 0.2) is 9.84 Å². The molecule has 1 atom stereocenters. The molecule has 1 aromatic heterocycles. The standard InChI is InChI=1S/C18H23N3O3S/c1-2-9-21(17-8-10-25(23,24)14-17)18(22)16-11-19-20(13-16)12-15-6-4-3-5-7-15/h3-7,11,13,17H,2,8-10,12,14H2,1H3. The van der Waals surface area contributed by atoms with Crippen LogP contribution in [0.25, 0.3) is 0 Å². The van der Waals surface area contributed by atoms with Crippen LogP contribution in [-0.2, 0) is 16.4 Å². The second kappa shape index (κ2) is 7.39. The van der Waals surface area contributed by atoms with Crippen molar-refractivity contribution in [3.8, 4) is 0 Å². The summed E-state index contributed by atoms with van der Waals surface area (Å²) in [5.74, 6) is 0.0956. The van der Waals surface area contributed by atoms with Crippen LogP contribution in [0.1, 0.15) is 35.7 Å². The van der Waals surface area contributed by atoms with E-state index >= 15 is 0 Å². The highest BCUT2D eigenvalue weighted by Crippen LogP contribution is 2.20. The minimum Gasteiger partial charge on any atom is -0.335 e. The monoisotopic (exact) mass is 361 g/mol. The summed E-state index contributed by atoms with van der Waals surface area (Å²) in [7, 11) is -3.02. The fourth-order valence-corrected chi connectivity index (χ4v) is 4.94. The fourth-order valence-electron chi connectivity index (χ4n) is 3.21. The highest BCUT2D eigenvalue weighted by molar-refractivity contribution is 7.91. The van der Waals surface area contributed by atoms with E-state index < -0.39 is 9.84 Å². The third-order valence-electron chi connectivity index (χ3n) is 4.44. The van der Waals surface area contributed by atoms with Crippen LogP contribution >= 0.6 is 0 Å². The molecular formula is C18H23N3O3S. The van der Waals surface area contributed by atoms with Gasteiger partial charge in [-0.1, -0.05) is 37.3 Å². The topological polar surface area (TPSA) is 72.3 Å². The van der Waals surface area contributed by atoms with Crippen LogP contribution in [0.5, 0.6) is 0 Å². The second-order valence-electron chi connectivity index (χ2n) is 6.47. The number of carbonyl (C=O) groups is 1. The Balaban J connectivity index is 1.74. The molecule has 6 nitrogen and oxygen atoms in total. The van der Waals surface area contributed by atoms with E-state index in [0.717, 1.165) is 12.0 Å². The molecule has 1 amide bonds. The Kier molecular flexibility index (Phi) is 5.22. The molecule has 0 radical (unpaired) electrons. The van der Waals surface area contributed by atoms with Crippen molar-refractivity contribution in [1.29, 1.82) is 0 Å². The van der Waals surface area contributed by atoms with Crippen molar-refractivity contribution < 1.29 is 13.2 Å². The summed E-state index contributed by atoms with van der Waals surface area (Å²) in [6.45, 7) is 3.14. The van der Waals surface area contributed by atoms with Crippen molar-refractivity contribution in [3.05, 3.63) is 53.9 Å². The molecule has 0 bridgehead atoms. The van der Waals surface area contributed by atoms with Gasteiger partial charge in [-0.15, -0.1) is 0 Å². The molecule has 0 saturated carbocycles. The van der Waals surface area contributed by atoms with Gasteiger partial charge in [0.05, 0.1) is 29.8 Å². The van der Waals surface area contributed by atoms with Gasteiger partial charge in [-0.05, 0) is 18.4 Å². The van der Waals surface area contributed by atoms with Gasteiger partial charge in [-0.25, -0.2) is 8.42 Å². The Morgan fingerprint density at radius 1 is 1.32 bits per heavy atom. The molecule has 0 N–H and O–H groups in total. The van der Waals surface area contributed by atoms with Crippen molar-refractivity contribution in [3.63, 3.8) is 0 Å². The number of rotatable bonds is 6. The van der Waals surface area contributed by atoms with Crippen LogP contribution in [0, 0.1) is 0 Å². The Bertz CT molecular complexity index is 830. The van der Waals surface area contributed by atoms with Crippen LogP contribution in [0.2, 0.25) is 0 Å². The molecule has 134 valence electrons. The molecule has 1 fully saturated rings. The Hall–Kier alpha value is -2.15. The van der Waals surface area contributed by atoms with E-state index in [1.807, 2.05) is 37.3 Å². The average molecular weight is 361 g/mol. The number of carbonyl (C=O) groups excluding carboxylic acids is 1. The molecule has 1 aliphatic rings. The van der Waals surface area contributed by atoms with Gasteiger partial charge in [0.2, 0.25) is 0 Å². The van der Waals surface area contributed by atoms with Gasteiger partial charge in [-0.2, -0.15) is 5.10 Å². The Morgan fingerprint density at radius 3 is 2.72 bits per heavy atom. The SMILES string of the molecule is CCCN(C(=O)c1cnn(Cc2ccccc2)c1)C1CCS(=O)(=O)C1. The van der Waals surface area contributed by atoms with Gasteiger partial charge >= 0.3 is 0 Å². The smallest absolute Gasteiger partial charge is 0.257 e. The van der Waals surface area contributed by atoms with Crippen LogP contribution in [0.15, 0.2) is 42.7 Å². The van der Waals surface area contributed by atoms with E-state index in [4.69, 9.17) is 0 Å². The van der Waals surface area contributed by atoms with Gasteiger partial charge in [-0.3, -0.25) is 9.48 Å².